The van der Waals surface area contributed by atoms with Crippen molar-refractivity contribution in [2.24, 2.45) is 0 Å². The van der Waals surface area contributed by atoms with Crippen LogP contribution in [0.25, 0.3) is 0 Å². The van der Waals surface area contributed by atoms with Crippen molar-refractivity contribution in [3.8, 4) is 0 Å². The molecule has 104 valence electrons. The largest absolute Gasteiger partial charge is 0.460 e. The van der Waals surface area contributed by atoms with E-state index in [1.165, 1.54) is 18.9 Å². The highest BCUT2D eigenvalue weighted by atomic mass is 16.5. The zero-order chi connectivity index (χ0) is 13.6. The topological polar surface area (TPSA) is 35.5 Å². The maximum absolute atomic E-state index is 11.2. The number of rotatable bonds is 11. The minimum absolute atomic E-state index is 0.0438. The lowest BCUT2D eigenvalue weighted by atomic mass is 10.1. The first-order valence-corrected chi connectivity index (χ1v) is 6.72. The van der Waals surface area contributed by atoms with E-state index in [9.17, 15) is 4.79 Å². The van der Waals surface area contributed by atoms with Crippen LogP contribution in [0.2, 0.25) is 0 Å². The molecule has 0 aromatic rings. The van der Waals surface area contributed by atoms with E-state index in [0.717, 1.165) is 25.9 Å². The van der Waals surface area contributed by atoms with E-state index in [2.05, 4.69) is 6.58 Å². The number of carbonyl (C=O) groups is 1. The van der Waals surface area contributed by atoms with Crippen LogP contribution in [0.3, 0.4) is 0 Å². The maximum atomic E-state index is 11.2. The van der Waals surface area contributed by atoms with Gasteiger partial charge in [-0.05, 0) is 33.1 Å². The van der Waals surface area contributed by atoms with Crippen LogP contribution in [0.5, 0.6) is 0 Å². The molecule has 0 radical (unpaired) electrons. The molecule has 0 aliphatic heterocycles. The van der Waals surface area contributed by atoms with Crippen LogP contribution in [-0.2, 0) is 14.3 Å². The Morgan fingerprint density at radius 3 is 2.61 bits per heavy atom. The molecule has 0 bridgehead atoms. The number of ether oxygens (including phenoxy) is 2. The van der Waals surface area contributed by atoms with Crippen LogP contribution in [0.1, 0.15) is 46.0 Å². The van der Waals surface area contributed by atoms with Gasteiger partial charge in [-0.25, -0.2) is 4.79 Å². The molecule has 3 nitrogen and oxygen atoms in total. The van der Waals surface area contributed by atoms with Crippen LogP contribution in [0.4, 0.5) is 0 Å². The fraction of sp³-hybridized carbons (Fsp3) is 0.667. The Kier molecular flexibility index (Phi) is 11.6. The number of unbranched alkanes of at least 4 members (excludes halogenated alkanes) is 4. The SMILES string of the molecule is C=CCOCCCCCC/C=C/C(=O)OC(C)C. The molecule has 0 heterocycles. The van der Waals surface area contributed by atoms with Gasteiger partial charge >= 0.3 is 5.97 Å². The van der Waals surface area contributed by atoms with Gasteiger partial charge < -0.3 is 9.47 Å². The van der Waals surface area contributed by atoms with Crippen molar-refractivity contribution in [2.45, 2.75) is 52.1 Å². The number of hydrogen-bond donors (Lipinski definition) is 0. The van der Waals surface area contributed by atoms with Crippen molar-refractivity contribution >= 4 is 5.97 Å². The van der Waals surface area contributed by atoms with E-state index in [1.54, 1.807) is 6.08 Å². The second kappa shape index (κ2) is 12.4. The Morgan fingerprint density at radius 2 is 1.94 bits per heavy atom. The highest BCUT2D eigenvalue weighted by Gasteiger charge is 1.98. The number of allylic oxidation sites excluding steroid dienone is 1. The van der Waals surface area contributed by atoms with E-state index < -0.39 is 0 Å². The van der Waals surface area contributed by atoms with Crippen LogP contribution in [-0.4, -0.2) is 25.3 Å². The lowest BCUT2D eigenvalue weighted by molar-refractivity contribution is -0.141. The molecule has 0 aliphatic carbocycles. The lowest BCUT2D eigenvalue weighted by Crippen LogP contribution is -2.08. The predicted octanol–water partition coefficient (Wildman–Crippen LogP) is 3.65. The van der Waals surface area contributed by atoms with Crippen LogP contribution in [0, 0.1) is 0 Å². The smallest absolute Gasteiger partial charge is 0.330 e. The summed E-state index contributed by atoms with van der Waals surface area (Å²) in [7, 11) is 0. The average Bonchev–Trinajstić information content (AvgIpc) is 2.30. The summed E-state index contributed by atoms with van der Waals surface area (Å²) in [6.07, 6.45) is 10.6. The fourth-order valence-corrected chi connectivity index (χ4v) is 1.44. The third kappa shape index (κ3) is 13.0. The first kappa shape index (κ1) is 16.9. The minimum atomic E-state index is -0.247. The quantitative estimate of drug-likeness (QED) is 0.244. The molecule has 0 unspecified atom stereocenters. The van der Waals surface area contributed by atoms with E-state index >= 15 is 0 Å². The van der Waals surface area contributed by atoms with Gasteiger partial charge in [0.25, 0.3) is 0 Å². The van der Waals surface area contributed by atoms with Gasteiger partial charge in [0.1, 0.15) is 0 Å². The molecule has 0 aromatic carbocycles. The summed E-state index contributed by atoms with van der Waals surface area (Å²) in [6, 6.07) is 0. The molecule has 0 spiro atoms. The van der Waals surface area contributed by atoms with Crippen LogP contribution < -0.4 is 0 Å². The molecule has 0 saturated carbocycles. The zero-order valence-corrected chi connectivity index (χ0v) is 11.7. The third-order valence-electron chi connectivity index (χ3n) is 2.25. The molecule has 3 heteroatoms. The summed E-state index contributed by atoms with van der Waals surface area (Å²) in [4.78, 5) is 11.2. The lowest BCUT2D eigenvalue weighted by Gasteiger charge is -2.03. The van der Waals surface area contributed by atoms with Crippen molar-refractivity contribution in [1.82, 2.24) is 0 Å². The molecular formula is C15H26O3. The molecule has 18 heavy (non-hydrogen) atoms. The molecule has 0 rings (SSSR count). The van der Waals surface area contributed by atoms with Gasteiger partial charge in [-0.15, -0.1) is 6.58 Å². The van der Waals surface area contributed by atoms with Crippen molar-refractivity contribution < 1.29 is 14.3 Å². The van der Waals surface area contributed by atoms with Crippen molar-refractivity contribution in [3.63, 3.8) is 0 Å². The molecule has 0 saturated heterocycles. The van der Waals surface area contributed by atoms with Crippen molar-refractivity contribution in [2.75, 3.05) is 13.2 Å². The summed E-state index contributed by atoms with van der Waals surface area (Å²) < 4.78 is 10.3. The molecular weight excluding hydrogens is 228 g/mol. The molecule has 0 amide bonds. The summed E-state index contributed by atoms with van der Waals surface area (Å²) in [5.41, 5.74) is 0. The highest BCUT2D eigenvalue weighted by Crippen LogP contribution is 2.04. The number of hydrogen-bond acceptors (Lipinski definition) is 3. The Hall–Kier alpha value is -1.09. The first-order chi connectivity index (χ1) is 8.66. The van der Waals surface area contributed by atoms with Gasteiger partial charge in [-0.3, -0.25) is 0 Å². The Bertz CT molecular complexity index is 244. The van der Waals surface area contributed by atoms with Gasteiger partial charge in [0.05, 0.1) is 12.7 Å². The zero-order valence-electron chi connectivity index (χ0n) is 11.7. The van der Waals surface area contributed by atoms with Crippen molar-refractivity contribution in [1.29, 1.82) is 0 Å². The fourth-order valence-electron chi connectivity index (χ4n) is 1.44. The first-order valence-electron chi connectivity index (χ1n) is 6.72. The molecule has 0 fully saturated rings. The third-order valence-corrected chi connectivity index (χ3v) is 2.25. The monoisotopic (exact) mass is 254 g/mol. The minimum Gasteiger partial charge on any atom is -0.460 e. The highest BCUT2D eigenvalue weighted by molar-refractivity contribution is 5.81. The van der Waals surface area contributed by atoms with Crippen LogP contribution >= 0.6 is 0 Å². The van der Waals surface area contributed by atoms with E-state index in [0.29, 0.717) is 6.61 Å². The molecule has 0 N–H and O–H groups in total. The average molecular weight is 254 g/mol. The second-order valence-electron chi connectivity index (χ2n) is 4.45. The molecule has 0 aromatic heterocycles. The number of carbonyl (C=O) groups excluding carboxylic acids is 1. The van der Waals surface area contributed by atoms with E-state index in [1.807, 2.05) is 19.9 Å². The van der Waals surface area contributed by atoms with Gasteiger partial charge in [-0.1, -0.05) is 25.0 Å². The van der Waals surface area contributed by atoms with Gasteiger partial charge in [0.15, 0.2) is 0 Å². The summed E-state index contributed by atoms with van der Waals surface area (Å²) in [6.45, 7) is 8.73. The van der Waals surface area contributed by atoms with Gasteiger partial charge in [0, 0.05) is 12.7 Å². The standard InChI is InChI=1S/C15H26O3/c1-4-12-17-13-10-8-6-5-7-9-11-15(16)18-14(2)3/h4,9,11,14H,1,5-8,10,12-13H2,2-3H3/b11-9+. The molecule has 0 atom stereocenters. The number of esters is 1. The van der Waals surface area contributed by atoms with E-state index in [4.69, 9.17) is 9.47 Å². The Labute approximate surface area is 111 Å². The molecule has 0 aliphatic rings. The maximum Gasteiger partial charge on any atom is 0.330 e. The summed E-state index contributed by atoms with van der Waals surface area (Å²) in [5.74, 6) is -0.247. The van der Waals surface area contributed by atoms with Crippen molar-refractivity contribution in [3.05, 3.63) is 24.8 Å². The van der Waals surface area contributed by atoms with Crippen LogP contribution in [0.15, 0.2) is 24.8 Å². The summed E-state index contributed by atoms with van der Waals surface area (Å²) >= 11 is 0. The van der Waals surface area contributed by atoms with Gasteiger partial charge in [0.2, 0.25) is 0 Å². The predicted molar refractivity (Wildman–Crippen MR) is 74.5 cm³/mol. The Balaban J connectivity index is 3.26. The second-order valence-corrected chi connectivity index (χ2v) is 4.45. The summed E-state index contributed by atoms with van der Waals surface area (Å²) in [5, 5.41) is 0. The normalized spacial score (nSPS) is 11.1. The van der Waals surface area contributed by atoms with Gasteiger partial charge in [-0.2, -0.15) is 0 Å². The van der Waals surface area contributed by atoms with E-state index in [-0.39, 0.29) is 12.1 Å². The Morgan fingerprint density at radius 1 is 1.22 bits per heavy atom.